The van der Waals surface area contributed by atoms with Crippen molar-refractivity contribution in [2.24, 2.45) is 7.05 Å². The standard InChI is InChI=1S/C16H20N6O4/c1-20-14(24)11(10-18-16(20)25)9-13(23)21-5-7-22(8-6-21)15-17-4-3-12(19-15)26-2/h3-4,10H,5-9H2,1-2H3,(H,18,25). The van der Waals surface area contributed by atoms with Gasteiger partial charge in [0.1, 0.15) is 0 Å². The van der Waals surface area contributed by atoms with Crippen LogP contribution in [0, 0.1) is 0 Å². The number of aromatic amines is 1. The summed E-state index contributed by atoms with van der Waals surface area (Å²) in [5, 5.41) is 0. The van der Waals surface area contributed by atoms with Crippen molar-refractivity contribution in [3.63, 3.8) is 0 Å². The van der Waals surface area contributed by atoms with Gasteiger partial charge in [0.05, 0.1) is 13.5 Å². The van der Waals surface area contributed by atoms with Gasteiger partial charge in [0, 0.05) is 57.3 Å². The first-order valence-corrected chi connectivity index (χ1v) is 8.17. The van der Waals surface area contributed by atoms with Crippen molar-refractivity contribution in [1.82, 2.24) is 24.4 Å². The van der Waals surface area contributed by atoms with Crippen molar-refractivity contribution in [3.8, 4) is 5.88 Å². The molecule has 10 nitrogen and oxygen atoms in total. The molecular weight excluding hydrogens is 340 g/mol. The van der Waals surface area contributed by atoms with E-state index in [9.17, 15) is 14.4 Å². The number of aromatic nitrogens is 4. The molecule has 26 heavy (non-hydrogen) atoms. The Bertz CT molecular complexity index is 913. The molecule has 0 unspecified atom stereocenters. The summed E-state index contributed by atoms with van der Waals surface area (Å²) in [5.41, 5.74) is -0.681. The summed E-state index contributed by atoms with van der Waals surface area (Å²) >= 11 is 0. The molecular formula is C16H20N6O4. The lowest BCUT2D eigenvalue weighted by molar-refractivity contribution is -0.130. The summed E-state index contributed by atoms with van der Waals surface area (Å²) in [6, 6.07) is 1.67. The van der Waals surface area contributed by atoms with E-state index in [0.717, 1.165) is 4.57 Å². The lowest BCUT2D eigenvalue weighted by Crippen LogP contribution is -2.50. The van der Waals surface area contributed by atoms with E-state index in [1.54, 1.807) is 24.3 Å². The van der Waals surface area contributed by atoms with E-state index >= 15 is 0 Å². The van der Waals surface area contributed by atoms with E-state index in [2.05, 4.69) is 15.0 Å². The van der Waals surface area contributed by atoms with Crippen LogP contribution in [-0.4, -0.2) is 63.6 Å². The first-order chi connectivity index (χ1) is 12.5. The minimum atomic E-state index is -0.502. The molecule has 0 saturated carbocycles. The monoisotopic (exact) mass is 360 g/mol. The van der Waals surface area contributed by atoms with Gasteiger partial charge >= 0.3 is 5.69 Å². The topological polar surface area (TPSA) is 113 Å². The number of anilines is 1. The van der Waals surface area contributed by atoms with Crippen LogP contribution in [0.5, 0.6) is 5.88 Å². The lowest BCUT2D eigenvalue weighted by atomic mass is 10.2. The number of methoxy groups -OCH3 is 1. The van der Waals surface area contributed by atoms with Crippen LogP contribution in [-0.2, 0) is 18.3 Å². The van der Waals surface area contributed by atoms with Crippen molar-refractivity contribution in [1.29, 1.82) is 0 Å². The second-order valence-corrected chi connectivity index (χ2v) is 5.93. The highest BCUT2D eigenvalue weighted by Gasteiger charge is 2.23. The first-order valence-electron chi connectivity index (χ1n) is 8.17. The minimum Gasteiger partial charge on any atom is -0.481 e. The number of ether oxygens (including phenoxy) is 1. The largest absolute Gasteiger partial charge is 0.481 e. The molecule has 2 aromatic rings. The van der Waals surface area contributed by atoms with Gasteiger partial charge in [-0.05, 0) is 0 Å². The summed E-state index contributed by atoms with van der Waals surface area (Å²) < 4.78 is 6.06. The van der Waals surface area contributed by atoms with Crippen LogP contribution in [0.25, 0.3) is 0 Å². The quantitative estimate of drug-likeness (QED) is 0.726. The average Bonchev–Trinajstić information content (AvgIpc) is 2.68. The van der Waals surface area contributed by atoms with Gasteiger partial charge in [-0.1, -0.05) is 0 Å². The second-order valence-electron chi connectivity index (χ2n) is 5.93. The van der Waals surface area contributed by atoms with Gasteiger partial charge in [0.15, 0.2) is 0 Å². The van der Waals surface area contributed by atoms with Crippen LogP contribution in [0.2, 0.25) is 0 Å². The van der Waals surface area contributed by atoms with Gasteiger partial charge in [-0.15, -0.1) is 0 Å². The van der Waals surface area contributed by atoms with Crippen LogP contribution in [0.3, 0.4) is 0 Å². The molecule has 3 heterocycles. The smallest absolute Gasteiger partial charge is 0.328 e. The highest BCUT2D eigenvalue weighted by Crippen LogP contribution is 2.14. The summed E-state index contributed by atoms with van der Waals surface area (Å²) in [7, 11) is 2.92. The maximum atomic E-state index is 12.5. The Kier molecular flexibility index (Phi) is 5.01. The highest BCUT2D eigenvalue weighted by atomic mass is 16.5. The van der Waals surface area contributed by atoms with Gasteiger partial charge in [-0.3, -0.25) is 14.2 Å². The number of amides is 1. The van der Waals surface area contributed by atoms with Gasteiger partial charge in [0.25, 0.3) is 5.56 Å². The lowest BCUT2D eigenvalue weighted by Gasteiger charge is -2.34. The fourth-order valence-corrected chi connectivity index (χ4v) is 2.77. The van der Waals surface area contributed by atoms with Crippen LogP contribution in [0.1, 0.15) is 5.56 Å². The van der Waals surface area contributed by atoms with E-state index in [-0.39, 0.29) is 17.9 Å². The fourth-order valence-electron chi connectivity index (χ4n) is 2.77. The molecule has 0 radical (unpaired) electrons. The molecule has 3 rings (SSSR count). The number of rotatable bonds is 4. The Morgan fingerprint density at radius 3 is 2.69 bits per heavy atom. The molecule has 1 amide bonds. The zero-order chi connectivity index (χ0) is 18.7. The second kappa shape index (κ2) is 7.38. The van der Waals surface area contributed by atoms with Gasteiger partial charge in [-0.2, -0.15) is 4.98 Å². The molecule has 138 valence electrons. The van der Waals surface area contributed by atoms with Gasteiger partial charge in [0.2, 0.25) is 17.7 Å². The minimum absolute atomic E-state index is 0.0425. The molecule has 1 aliphatic rings. The van der Waals surface area contributed by atoms with Crippen LogP contribution in [0.15, 0.2) is 28.0 Å². The zero-order valence-corrected chi connectivity index (χ0v) is 14.6. The van der Waals surface area contributed by atoms with Crippen LogP contribution >= 0.6 is 0 Å². The average molecular weight is 360 g/mol. The van der Waals surface area contributed by atoms with Crippen molar-refractivity contribution >= 4 is 11.9 Å². The number of piperazine rings is 1. The first kappa shape index (κ1) is 17.6. The highest BCUT2D eigenvalue weighted by molar-refractivity contribution is 5.78. The van der Waals surface area contributed by atoms with E-state index < -0.39 is 11.2 Å². The Labute approximate surface area is 149 Å². The number of hydrogen-bond donors (Lipinski definition) is 1. The van der Waals surface area contributed by atoms with Gasteiger partial charge in [-0.25, -0.2) is 9.78 Å². The summed E-state index contributed by atoms with van der Waals surface area (Å²) in [6.45, 7) is 2.18. The maximum Gasteiger partial charge on any atom is 0.328 e. The summed E-state index contributed by atoms with van der Waals surface area (Å²) in [4.78, 5) is 50.6. The summed E-state index contributed by atoms with van der Waals surface area (Å²) in [6.07, 6.45) is 2.90. The molecule has 1 N–H and O–H groups in total. The molecule has 0 aliphatic carbocycles. The van der Waals surface area contributed by atoms with E-state index in [0.29, 0.717) is 38.0 Å². The SMILES string of the molecule is COc1ccnc(N2CCN(C(=O)Cc3c[nH]c(=O)n(C)c3=O)CC2)n1. The van der Waals surface area contributed by atoms with E-state index in [1.165, 1.54) is 13.2 Å². The molecule has 1 fully saturated rings. The normalized spacial score (nSPS) is 14.4. The predicted octanol–water partition coefficient (Wildman–Crippen LogP) is -1.24. The number of nitrogens with zero attached hydrogens (tertiary/aromatic N) is 5. The van der Waals surface area contributed by atoms with Gasteiger partial charge < -0.3 is 19.5 Å². The van der Waals surface area contributed by atoms with Crippen molar-refractivity contribution in [3.05, 3.63) is 44.9 Å². The van der Waals surface area contributed by atoms with Crippen molar-refractivity contribution in [2.45, 2.75) is 6.42 Å². The Morgan fingerprint density at radius 1 is 1.27 bits per heavy atom. The molecule has 0 aromatic carbocycles. The Balaban J connectivity index is 1.63. The van der Waals surface area contributed by atoms with Crippen molar-refractivity contribution < 1.29 is 9.53 Å². The number of hydrogen-bond acceptors (Lipinski definition) is 7. The molecule has 10 heteroatoms. The van der Waals surface area contributed by atoms with Crippen LogP contribution < -0.4 is 20.9 Å². The zero-order valence-electron chi connectivity index (χ0n) is 14.6. The molecule has 0 atom stereocenters. The summed E-state index contributed by atoms with van der Waals surface area (Å²) in [5.74, 6) is 0.897. The third-order valence-electron chi connectivity index (χ3n) is 4.34. The van der Waals surface area contributed by atoms with E-state index in [4.69, 9.17) is 4.74 Å². The molecule has 1 aliphatic heterocycles. The molecule has 0 bridgehead atoms. The fraction of sp³-hybridized carbons (Fsp3) is 0.438. The van der Waals surface area contributed by atoms with E-state index in [1.807, 2.05) is 4.90 Å². The maximum absolute atomic E-state index is 12.5. The Morgan fingerprint density at radius 2 is 2.00 bits per heavy atom. The third-order valence-corrected chi connectivity index (χ3v) is 4.34. The number of carbonyl (C=O) groups excluding carboxylic acids is 1. The molecule has 0 spiro atoms. The predicted molar refractivity (Wildman–Crippen MR) is 93.4 cm³/mol. The third kappa shape index (κ3) is 3.58. The van der Waals surface area contributed by atoms with Crippen LogP contribution in [0.4, 0.5) is 5.95 Å². The number of H-pyrrole nitrogens is 1. The number of carbonyl (C=O) groups is 1. The molecule has 1 saturated heterocycles. The Hall–Kier alpha value is -3.17. The number of nitrogens with one attached hydrogen (secondary N) is 1. The van der Waals surface area contributed by atoms with Crippen molar-refractivity contribution in [2.75, 3.05) is 38.2 Å². The molecule has 2 aromatic heterocycles.